The molecule has 0 nitrogen and oxygen atoms in total. The fourth-order valence-electron chi connectivity index (χ4n) is 4.75. The number of benzene rings is 1. The Labute approximate surface area is 137 Å². The summed E-state index contributed by atoms with van der Waals surface area (Å²) in [6.45, 7) is 3.81. The lowest BCUT2D eigenvalue weighted by molar-refractivity contribution is 0.186. The summed E-state index contributed by atoms with van der Waals surface area (Å²) < 4.78 is 0. The summed E-state index contributed by atoms with van der Waals surface area (Å²) in [4.78, 5) is 0. The monoisotopic (exact) mass is 296 g/mol. The average molecular weight is 296 g/mol. The van der Waals surface area contributed by atoms with E-state index in [1.54, 1.807) is 5.56 Å². The van der Waals surface area contributed by atoms with Gasteiger partial charge in [-0.15, -0.1) is 6.58 Å². The Kier molecular flexibility index (Phi) is 5.76. The summed E-state index contributed by atoms with van der Waals surface area (Å²) in [5.41, 5.74) is 3.05. The van der Waals surface area contributed by atoms with Gasteiger partial charge in [0.05, 0.1) is 0 Å². The minimum atomic E-state index is 0.827. The molecule has 0 spiro atoms. The van der Waals surface area contributed by atoms with Gasteiger partial charge in [0.2, 0.25) is 0 Å². The molecular weight excluding hydrogens is 264 g/mol. The Hall–Kier alpha value is -1.04. The second kappa shape index (κ2) is 7.99. The zero-order chi connectivity index (χ0) is 15.2. The van der Waals surface area contributed by atoms with Gasteiger partial charge in [-0.3, -0.25) is 0 Å². The first-order chi connectivity index (χ1) is 10.9. The molecule has 0 saturated heterocycles. The summed E-state index contributed by atoms with van der Waals surface area (Å²) in [6.07, 6.45) is 17.6. The third-order valence-electron chi connectivity index (χ3n) is 6.18. The number of hydrogen-bond acceptors (Lipinski definition) is 0. The van der Waals surface area contributed by atoms with Crippen LogP contribution in [0.15, 0.2) is 36.9 Å². The van der Waals surface area contributed by atoms with Crippen molar-refractivity contribution in [2.45, 2.75) is 76.5 Å². The molecule has 0 unspecified atom stereocenters. The van der Waals surface area contributed by atoms with Gasteiger partial charge in [-0.05, 0) is 67.4 Å². The topological polar surface area (TPSA) is 0 Å². The van der Waals surface area contributed by atoms with E-state index >= 15 is 0 Å². The van der Waals surface area contributed by atoms with Gasteiger partial charge in [-0.25, -0.2) is 0 Å². The van der Waals surface area contributed by atoms with E-state index in [0.717, 1.165) is 30.6 Å². The van der Waals surface area contributed by atoms with Crippen molar-refractivity contribution in [3.05, 3.63) is 48.0 Å². The van der Waals surface area contributed by atoms with Gasteiger partial charge < -0.3 is 0 Å². The molecule has 2 saturated carbocycles. The molecule has 120 valence electrons. The number of allylic oxidation sites excluding steroid dienone is 1. The Balaban J connectivity index is 1.51. The summed E-state index contributed by atoms with van der Waals surface area (Å²) in [5, 5.41) is 0. The summed E-state index contributed by atoms with van der Waals surface area (Å²) in [7, 11) is 0. The highest BCUT2D eigenvalue weighted by Crippen LogP contribution is 2.42. The van der Waals surface area contributed by atoms with Crippen molar-refractivity contribution in [2.24, 2.45) is 11.8 Å². The third-order valence-corrected chi connectivity index (χ3v) is 6.18. The maximum atomic E-state index is 3.81. The molecule has 22 heavy (non-hydrogen) atoms. The first kappa shape index (κ1) is 15.8. The van der Waals surface area contributed by atoms with Crippen molar-refractivity contribution in [3.63, 3.8) is 0 Å². The summed E-state index contributed by atoms with van der Waals surface area (Å²) in [6, 6.07) is 9.46. The highest BCUT2D eigenvalue weighted by Gasteiger charge is 2.28. The summed E-state index contributed by atoms with van der Waals surface area (Å²) >= 11 is 0. The second-order valence-electron chi connectivity index (χ2n) is 7.58. The second-order valence-corrected chi connectivity index (χ2v) is 7.58. The van der Waals surface area contributed by atoms with E-state index in [1.165, 1.54) is 63.4 Å². The van der Waals surface area contributed by atoms with Crippen LogP contribution in [0.4, 0.5) is 0 Å². The van der Waals surface area contributed by atoms with Crippen molar-refractivity contribution in [3.8, 4) is 0 Å². The maximum absolute atomic E-state index is 3.81. The molecule has 0 aromatic heterocycles. The van der Waals surface area contributed by atoms with Crippen LogP contribution >= 0.6 is 0 Å². The summed E-state index contributed by atoms with van der Waals surface area (Å²) in [5.74, 6) is 2.94. The van der Waals surface area contributed by atoms with E-state index in [-0.39, 0.29) is 0 Å². The zero-order valence-corrected chi connectivity index (χ0v) is 14.1. The molecule has 0 bridgehead atoms. The molecule has 2 aliphatic rings. The number of hydrogen-bond donors (Lipinski definition) is 0. The molecule has 0 atom stereocenters. The molecule has 0 amide bonds. The van der Waals surface area contributed by atoms with Crippen LogP contribution < -0.4 is 0 Å². The maximum Gasteiger partial charge on any atom is -0.0162 e. The molecule has 1 aromatic rings. The fraction of sp³-hybridized carbons (Fsp3) is 0.636. The lowest BCUT2D eigenvalue weighted by atomic mass is 9.70. The Morgan fingerprint density at radius 1 is 0.818 bits per heavy atom. The predicted molar refractivity (Wildman–Crippen MR) is 96.2 cm³/mol. The van der Waals surface area contributed by atoms with Crippen molar-refractivity contribution in [2.75, 3.05) is 0 Å². The van der Waals surface area contributed by atoms with Crippen LogP contribution in [0.2, 0.25) is 0 Å². The predicted octanol–water partition coefficient (Wildman–Crippen LogP) is 6.66. The van der Waals surface area contributed by atoms with Crippen molar-refractivity contribution >= 4 is 0 Å². The van der Waals surface area contributed by atoms with Gasteiger partial charge in [0.25, 0.3) is 0 Å². The molecule has 0 N–H and O–H groups in total. The van der Waals surface area contributed by atoms with Gasteiger partial charge in [-0.1, -0.05) is 62.4 Å². The standard InChI is InChI=1S/C22H32/c1-2-3-7-18-10-12-20(13-11-18)22-16-14-21(15-17-22)19-8-5-4-6-9-19/h2,10-13,19,21-22H,1,3-9,14-17H2/t21-,22-. The van der Waals surface area contributed by atoms with Crippen LogP contribution in [0.1, 0.15) is 81.3 Å². The Morgan fingerprint density at radius 2 is 1.45 bits per heavy atom. The van der Waals surface area contributed by atoms with E-state index in [2.05, 4.69) is 30.8 Å². The van der Waals surface area contributed by atoms with Gasteiger partial charge in [0.15, 0.2) is 0 Å². The molecule has 0 heteroatoms. The zero-order valence-electron chi connectivity index (χ0n) is 14.1. The normalized spacial score (nSPS) is 26.7. The quantitative estimate of drug-likeness (QED) is 0.533. The van der Waals surface area contributed by atoms with Crippen molar-refractivity contribution in [1.82, 2.24) is 0 Å². The van der Waals surface area contributed by atoms with E-state index in [4.69, 9.17) is 0 Å². The van der Waals surface area contributed by atoms with Crippen LogP contribution in [0, 0.1) is 11.8 Å². The van der Waals surface area contributed by atoms with E-state index in [0.29, 0.717) is 0 Å². The molecular formula is C22H32. The molecule has 0 aliphatic heterocycles. The Bertz CT molecular complexity index is 441. The van der Waals surface area contributed by atoms with Gasteiger partial charge in [0, 0.05) is 0 Å². The number of aryl methyl sites for hydroxylation is 1. The van der Waals surface area contributed by atoms with E-state index in [9.17, 15) is 0 Å². The highest BCUT2D eigenvalue weighted by atomic mass is 14.3. The largest absolute Gasteiger partial charge is 0.103 e. The Morgan fingerprint density at radius 3 is 2.09 bits per heavy atom. The van der Waals surface area contributed by atoms with Crippen molar-refractivity contribution in [1.29, 1.82) is 0 Å². The van der Waals surface area contributed by atoms with Crippen LogP contribution in [0.5, 0.6) is 0 Å². The van der Waals surface area contributed by atoms with Crippen LogP contribution in [-0.4, -0.2) is 0 Å². The highest BCUT2D eigenvalue weighted by molar-refractivity contribution is 5.26. The lowest BCUT2D eigenvalue weighted by Crippen LogP contribution is -2.23. The molecule has 0 heterocycles. The first-order valence-corrected chi connectivity index (χ1v) is 9.56. The minimum absolute atomic E-state index is 0.827. The smallest absolute Gasteiger partial charge is 0.0162 e. The molecule has 3 rings (SSSR count). The third kappa shape index (κ3) is 4.03. The van der Waals surface area contributed by atoms with Crippen LogP contribution in [-0.2, 0) is 6.42 Å². The fourth-order valence-corrected chi connectivity index (χ4v) is 4.75. The first-order valence-electron chi connectivity index (χ1n) is 9.56. The molecule has 2 fully saturated rings. The van der Waals surface area contributed by atoms with Gasteiger partial charge in [-0.2, -0.15) is 0 Å². The van der Waals surface area contributed by atoms with E-state index in [1.807, 2.05) is 6.08 Å². The minimum Gasteiger partial charge on any atom is -0.103 e. The molecule has 0 radical (unpaired) electrons. The van der Waals surface area contributed by atoms with Crippen LogP contribution in [0.3, 0.4) is 0 Å². The van der Waals surface area contributed by atoms with Crippen molar-refractivity contribution < 1.29 is 0 Å². The SMILES string of the molecule is C=CCCc1ccc([C@H]2CC[C@H](C3CCCCC3)CC2)cc1. The molecule has 1 aromatic carbocycles. The van der Waals surface area contributed by atoms with Crippen LogP contribution in [0.25, 0.3) is 0 Å². The molecule has 2 aliphatic carbocycles. The van der Waals surface area contributed by atoms with E-state index < -0.39 is 0 Å². The number of rotatable bonds is 5. The van der Waals surface area contributed by atoms with Gasteiger partial charge in [0.1, 0.15) is 0 Å². The lowest BCUT2D eigenvalue weighted by Gasteiger charge is -2.36. The average Bonchev–Trinajstić information content (AvgIpc) is 2.61. The van der Waals surface area contributed by atoms with Gasteiger partial charge >= 0.3 is 0 Å².